The SMILES string of the molecule is CC(NS(=O)(=O)c1ccsc1C(=O)O)c1ccccc1Br. The highest BCUT2D eigenvalue weighted by atomic mass is 79.9. The van der Waals surface area contributed by atoms with Crippen molar-refractivity contribution in [3.63, 3.8) is 0 Å². The molecule has 21 heavy (non-hydrogen) atoms. The first-order chi connectivity index (χ1) is 9.83. The van der Waals surface area contributed by atoms with Gasteiger partial charge in [0.1, 0.15) is 9.77 Å². The van der Waals surface area contributed by atoms with Crippen molar-refractivity contribution in [1.82, 2.24) is 4.72 Å². The lowest BCUT2D eigenvalue weighted by Crippen LogP contribution is -2.27. The summed E-state index contributed by atoms with van der Waals surface area (Å²) in [6.45, 7) is 1.70. The van der Waals surface area contributed by atoms with Crippen LogP contribution in [0.4, 0.5) is 0 Å². The zero-order chi connectivity index (χ0) is 15.6. The van der Waals surface area contributed by atoms with Crippen LogP contribution in [0.1, 0.15) is 28.2 Å². The van der Waals surface area contributed by atoms with Crippen LogP contribution in [0.3, 0.4) is 0 Å². The lowest BCUT2D eigenvalue weighted by Gasteiger charge is -2.15. The highest BCUT2D eigenvalue weighted by Gasteiger charge is 2.26. The number of nitrogens with one attached hydrogen (secondary N) is 1. The number of carbonyl (C=O) groups is 1. The van der Waals surface area contributed by atoms with Crippen LogP contribution in [0.2, 0.25) is 0 Å². The van der Waals surface area contributed by atoms with Crippen LogP contribution in [-0.2, 0) is 10.0 Å². The first-order valence-electron chi connectivity index (χ1n) is 5.90. The van der Waals surface area contributed by atoms with Gasteiger partial charge in [0.15, 0.2) is 0 Å². The summed E-state index contributed by atoms with van der Waals surface area (Å²) in [5.41, 5.74) is 0.771. The average molecular weight is 390 g/mol. The number of thiophene rings is 1. The highest BCUT2D eigenvalue weighted by molar-refractivity contribution is 9.10. The second-order valence-corrected chi connectivity index (χ2v) is 7.74. The molecular weight excluding hydrogens is 378 g/mol. The second-order valence-electron chi connectivity index (χ2n) is 4.28. The van der Waals surface area contributed by atoms with Crippen molar-refractivity contribution in [3.8, 4) is 0 Å². The Bertz CT molecular complexity index is 770. The lowest BCUT2D eigenvalue weighted by atomic mass is 10.1. The molecule has 1 heterocycles. The molecule has 0 amide bonds. The normalized spacial score (nSPS) is 13.0. The molecule has 1 aromatic carbocycles. The van der Waals surface area contributed by atoms with Gasteiger partial charge in [-0.05, 0) is 30.0 Å². The van der Waals surface area contributed by atoms with Crippen molar-refractivity contribution in [1.29, 1.82) is 0 Å². The molecule has 0 aliphatic rings. The number of carboxylic acids is 1. The zero-order valence-corrected chi connectivity index (χ0v) is 14.1. The molecule has 1 aromatic heterocycles. The zero-order valence-electron chi connectivity index (χ0n) is 10.9. The van der Waals surface area contributed by atoms with E-state index in [1.165, 1.54) is 11.4 Å². The molecule has 1 unspecified atom stereocenters. The number of aromatic carboxylic acids is 1. The molecular formula is C13H12BrNO4S2. The molecule has 5 nitrogen and oxygen atoms in total. The maximum atomic E-state index is 12.3. The molecule has 0 saturated heterocycles. The minimum absolute atomic E-state index is 0.193. The molecule has 0 bridgehead atoms. The third-order valence-electron chi connectivity index (χ3n) is 2.82. The van der Waals surface area contributed by atoms with Crippen LogP contribution >= 0.6 is 27.3 Å². The topological polar surface area (TPSA) is 83.5 Å². The van der Waals surface area contributed by atoms with E-state index in [9.17, 15) is 13.2 Å². The Morgan fingerprint density at radius 2 is 2.00 bits per heavy atom. The van der Waals surface area contributed by atoms with Crippen LogP contribution in [-0.4, -0.2) is 19.5 Å². The quantitative estimate of drug-likeness (QED) is 0.821. The van der Waals surface area contributed by atoms with Crippen molar-refractivity contribution in [2.24, 2.45) is 0 Å². The van der Waals surface area contributed by atoms with Gasteiger partial charge in [0.05, 0.1) is 0 Å². The standard InChI is InChI=1S/C13H12BrNO4S2/c1-8(9-4-2-3-5-10(9)14)15-21(18,19)11-6-7-20-12(11)13(16)17/h2-8,15H,1H3,(H,16,17). The van der Waals surface area contributed by atoms with Crippen molar-refractivity contribution in [2.75, 3.05) is 0 Å². The Hall–Kier alpha value is -1.22. The fourth-order valence-electron chi connectivity index (χ4n) is 1.85. The van der Waals surface area contributed by atoms with Crippen LogP contribution in [0.5, 0.6) is 0 Å². The van der Waals surface area contributed by atoms with Gasteiger partial charge in [-0.25, -0.2) is 17.9 Å². The molecule has 0 spiro atoms. The summed E-state index contributed by atoms with van der Waals surface area (Å²) in [6.07, 6.45) is 0. The third kappa shape index (κ3) is 3.52. The average Bonchev–Trinajstić information content (AvgIpc) is 2.88. The molecule has 0 aliphatic carbocycles. The van der Waals surface area contributed by atoms with E-state index in [4.69, 9.17) is 5.11 Å². The summed E-state index contributed by atoms with van der Waals surface area (Å²) in [4.78, 5) is 10.6. The summed E-state index contributed by atoms with van der Waals surface area (Å²) in [5.74, 6) is -1.25. The van der Waals surface area contributed by atoms with E-state index < -0.39 is 22.0 Å². The Morgan fingerprint density at radius 3 is 2.62 bits per heavy atom. The first kappa shape index (κ1) is 16.2. The third-order valence-corrected chi connectivity index (χ3v) is 6.15. The summed E-state index contributed by atoms with van der Waals surface area (Å²) in [7, 11) is -3.90. The minimum atomic E-state index is -3.90. The fourth-order valence-corrected chi connectivity index (χ4v) is 4.96. The summed E-state index contributed by atoms with van der Waals surface area (Å²) < 4.78 is 27.9. The second kappa shape index (κ2) is 6.27. The Kier molecular flexibility index (Phi) is 4.82. The van der Waals surface area contributed by atoms with E-state index >= 15 is 0 Å². The van der Waals surface area contributed by atoms with Gasteiger partial charge in [-0.3, -0.25) is 0 Å². The van der Waals surface area contributed by atoms with E-state index in [1.54, 1.807) is 19.1 Å². The lowest BCUT2D eigenvalue weighted by molar-refractivity contribution is 0.0698. The van der Waals surface area contributed by atoms with Crippen molar-refractivity contribution in [2.45, 2.75) is 17.9 Å². The predicted octanol–water partition coefficient (Wildman–Crippen LogP) is 3.25. The van der Waals surface area contributed by atoms with E-state index in [-0.39, 0.29) is 9.77 Å². The molecule has 8 heteroatoms. The maximum Gasteiger partial charge on any atom is 0.347 e. The molecule has 2 rings (SSSR count). The van der Waals surface area contributed by atoms with Crippen molar-refractivity contribution in [3.05, 3.63) is 50.6 Å². The van der Waals surface area contributed by atoms with Crippen LogP contribution in [0.25, 0.3) is 0 Å². The van der Waals surface area contributed by atoms with Crippen LogP contribution in [0, 0.1) is 0 Å². The van der Waals surface area contributed by atoms with Gasteiger partial charge in [0.2, 0.25) is 10.0 Å². The van der Waals surface area contributed by atoms with E-state index in [1.807, 2.05) is 12.1 Å². The molecule has 0 saturated carbocycles. The number of hydrogen-bond donors (Lipinski definition) is 2. The smallest absolute Gasteiger partial charge is 0.347 e. The summed E-state index contributed by atoms with van der Waals surface area (Å²) in [5, 5.41) is 10.5. The van der Waals surface area contributed by atoms with Gasteiger partial charge in [-0.1, -0.05) is 34.1 Å². The molecule has 0 fully saturated rings. The van der Waals surface area contributed by atoms with Gasteiger partial charge in [-0.15, -0.1) is 11.3 Å². The van der Waals surface area contributed by atoms with Crippen molar-refractivity contribution >= 4 is 43.3 Å². The monoisotopic (exact) mass is 389 g/mol. The molecule has 2 N–H and O–H groups in total. The number of rotatable bonds is 5. The summed E-state index contributed by atoms with van der Waals surface area (Å²) in [6, 6.07) is 8.04. The van der Waals surface area contributed by atoms with Crippen LogP contribution < -0.4 is 4.72 Å². The van der Waals surface area contributed by atoms with E-state index in [0.717, 1.165) is 21.4 Å². The Labute approximate surface area is 134 Å². The molecule has 0 radical (unpaired) electrons. The maximum absolute atomic E-state index is 12.3. The predicted molar refractivity (Wildman–Crippen MR) is 84.2 cm³/mol. The van der Waals surface area contributed by atoms with Gasteiger partial charge >= 0.3 is 5.97 Å². The molecule has 0 aliphatic heterocycles. The van der Waals surface area contributed by atoms with Crippen LogP contribution in [0.15, 0.2) is 45.1 Å². The molecule has 112 valence electrons. The number of carboxylic acid groups (broad SMARTS) is 1. The van der Waals surface area contributed by atoms with Gasteiger partial charge in [0, 0.05) is 10.5 Å². The Balaban J connectivity index is 2.32. The fraction of sp³-hybridized carbons (Fsp3) is 0.154. The number of benzene rings is 1. The van der Waals surface area contributed by atoms with Crippen molar-refractivity contribution < 1.29 is 18.3 Å². The minimum Gasteiger partial charge on any atom is -0.477 e. The number of halogens is 1. The van der Waals surface area contributed by atoms with Gasteiger partial charge < -0.3 is 5.11 Å². The molecule has 2 aromatic rings. The first-order valence-corrected chi connectivity index (χ1v) is 9.06. The van der Waals surface area contributed by atoms with Gasteiger partial charge in [0.25, 0.3) is 0 Å². The van der Waals surface area contributed by atoms with Gasteiger partial charge in [-0.2, -0.15) is 0 Å². The van der Waals surface area contributed by atoms with E-state index in [2.05, 4.69) is 20.7 Å². The number of sulfonamides is 1. The molecule has 1 atom stereocenters. The summed E-state index contributed by atoms with van der Waals surface area (Å²) >= 11 is 4.25. The largest absolute Gasteiger partial charge is 0.477 e. The van der Waals surface area contributed by atoms with E-state index in [0.29, 0.717) is 0 Å². The Morgan fingerprint density at radius 1 is 1.33 bits per heavy atom. The highest BCUT2D eigenvalue weighted by Crippen LogP contribution is 2.27. The number of hydrogen-bond acceptors (Lipinski definition) is 4.